The van der Waals surface area contributed by atoms with Gasteiger partial charge in [-0.05, 0) is 36.2 Å². The SMILES string of the molecule is Cc1ccc(NC(=N)NCc2cc(C(C)c3ccc(-c4ccccc4)c(F)c3)on2)cc1. The van der Waals surface area contributed by atoms with Crippen LogP contribution < -0.4 is 10.6 Å². The molecule has 32 heavy (non-hydrogen) atoms. The molecule has 0 aliphatic rings. The van der Waals surface area contributed by atoms with Gasteiger partial charge in [0.1, 0.15) is 17.3 Å². The third-order valence-electron chi connectivity index (χ3n) is 5.35. The molecule has 1 heterocycles. The Morgan fingerprint density at radius 1 is 1.03 bits per heavy atom. The Morgan fingerprint density at radius 3 is 2.50 bits per heavy atom. The highest BCUT2D eigenvalue weighted by Gasteiger charge is 2.17. The summed E-state index contributed by atoms with van der Waals surface area (Å²) in [7, 11) is 0. The molecule has 0 saturated heterocycles. The highest BCUT2D eigenvalue weighted by molar-refractivity contribution is 5.91. The first-order valence-electron chi connectivity index (χ1n) is 10.5. The van der Waals surface area contributed by atoms with E-state index < -0.39 is 0 Å². The molecular weight excluding hydrogens is 403 g/mol. The number of aryl methyl sites for hydroxylation is 1. The second-order valence-electron chi connectivity index (χ2n) is 7.77. The highest BCUT2D eigenvalue weighted by Crippen LogP contribution is 2.29. The zero-order valence-electron chi connectivity index (χ0n) is 18.0. The van der Waals surface area contributed by atoms with E-state index in [2.05, 4.69) is 15.8 Å². The van der Waals surface area contributed by atoms with Crippen molar-refractivity contribution in [2.24, 2.45) is 0 Å². The molecule has 6 heteroatoms. The minimum absolute atomic E-state index is 0.152. The van der Waals surface area contributed by atoms with Crippen molar-refractivity contribution < 1.29 is 8.91 Å². The number of hydrogen-bond donors (Lipinski definition) is 3. The zero-order valence-corrected chi connectivity index (χ0v) is 18.0. The second-order valence-corrected chi connectivity index (χ2v) is 7.77. The van der Waals surface area contributed by atoms with Crippen LogP contribution in [0.25, 0.3) is 11.1 Å². The van der Waals surface area contributed by atoms with Crippen LogP contribution in [0.3, 0.4) is 0 Å². The van der Waals surface area contributed by atoms with Gasteiger partial charge >= 0.3 is 0 Å². The summed E-state index contributed by atoms with van der Waals surface area (Å²) in [5.74, 6) is 0.398. The first-order valence-corrected chi connectivity index (χ1v) is 10.5. The third kappa shape index (κ3) is 5.03. The topological polar surface area (TPSA) is 73.9 Å². The van der Waals surface area contributed by atoms with Gasteiger partial charge in [0.05, 0.1) is 6.54 Å². The van der Waals surface area contributed by atoms with Gasteiger partial charge in [-0.25, -0.2) is 4.39 Å². The van der Waals surface area contributed by atoms with Crippen molar-refractivity contribution in [2.75, 3.05) is 5.32 Å². The molecule has 0 spiro atoms. The molecule has 4 rings (SSSR count). The van der Waals surface area contributed by atoms with Crippen LogP contribution in [0.2, 0.25) is 0 Å². The van der Waals surface area contributed by atoms with Crippen molar-refractivity contribution in [3.63, 3.8) is 0 Å². The van der Waals surface area contributed by atoms with Crippen molar-refractivity contribution in [3.05, 3.63) is 107 Å². The predicted octanol–water partition coefficient (Wildman–Crippen LogP) is 6.08. The largest absolute Gasteiger partial charge is 0.360 e. The van der Waals surface area contributed by atoms with Gasteiger partial charge in [-0.1, -0.05) is 72.2 Å². The molecule has 0 aliphatic heterocycles. The van der Waals surface area contributed by atoms with E-state index in [1.54, 1.807) is 12.1 Å². The standard InChI is InChI=1S/C26H25FN4O/c1-17-8-11-21(12-9-17)30-26(28)29-16-22-15-25(32-31-22)18(2)20-10-13-23(24(27)14-20)19-6-4-3-5-7-19/h3-15,18H,16H2,1-2H3,(H3,28,29,30). The minimum atomic E-state index is -0.266. The lowest BCUT2D eigenvalue weighted by molar-refractivity contribution is 0.369. The van der Waals surface area contributed by atoms with Crippen LogP contribution in [0.1, 0.15) is 35.4 Å². The number of halogens is 1. The molecule has 0 fully saturated rings. The first-order chi connectivity index (χ1) is 15.5. The van der Waals surface area contributed by atoms with Crippen molar-refractivity contribution in [1.82, 2.24) is 10.5 Å². The monoisotopic (exact) mass is 428 g/mol. The van der Waals surface area contributed by atoms with Crippen LogP contribution in [-0.2, 0) is 6.54 Å². The zero-order chi connectivity index (χ0) is 22.5. The minimum Gasteiger partial charge on any atom is -0.360 e. The summed E-state index contributed by atoms with van der Waals surface area (Å²) in [6.45, 7) is 4.31. The van der Waals surface area contributed by atoms with Gasteiger partial charge in [0.25, 0.3) is 0 Å². The van der Waals surface area contributed by atoms with Gasteiger partial charge in [-0.2, -0.15) is 0 Å². The summed E-state index contributed by atoms with van der Waals surface area (Å²) in [5.41, 5.74) is 4.90. The Morgan fingerprint density at radius 2 is 1.78 bits per heavy atom. The van der Waals surface area contributed by atoms with Crippen molar-refractivity contribution >= 4 is 11.6 Å². The molecule has 162 valence electrons. The number of guanidine groups is 1. The van der Waals surface area contributed by atoms with Crippen molar-refractivity contribution in [2.45, 2.75) is 26.3 Å². The predicted molar refractivity (Wildman–Crippen MR) is 125 cm³/mol. The first kappa shape index (κ1) is 21.3. The average Bonchev–Trinajstić information content (AvgIpc) is 3.28. The molecule has 4 aromatic rings. The number of rotatable bonds is 6. The lowest BCUT2D eigenvalue weighted by Gasteiger charge is -2.11. The quantitative estimate of drug-likeness (QED) is 0.257. The molecule has 5 nitrogen and oxygen atoms in total. The van der Waals surface area contributed by atoms with E-state index in [0.29, 0.717) is 23.6 Å². The Hall–Kier alpha value is -3.93. The summed E-state index contributed by atoms with van der Waals surface area (Å²) in [6.07, 6.45) is 0. The summed E-state index contributed by atoms with van der Waals surface area (Å²) in [4.78, 5) is 0. The molecular formula is C26H25FN4O. The molecule has 1 aromatic heterocycles. The summed E-state index contributed by atoms with van der Waals surface area (Å²) < 4.78 is 20.2. The molecule has 0 aliphatic carbocycles. The van der Waals surface area contributed by atoms with Gasteiger partial charge in [0, 0.05) is 23.2 Å². The fraction of sp³-hybridized carbons (Fsp3) is 0.154. The van der Waals surface area contributed by atoms with E-state index in [9.17, 15) is 4.39 Å². The van der Waals surface area contributed by atoms with E-state index in [4.69, 9.17) is 9.93 Å². The lowest BCUT2D eigenvalue weighted by Crippen LogP contribution is -2.29. The Labute approximate surface area is 186 Å². The molecule has 1 atom stereocenters. The molecule has 1 unspecified atom stereocenters. The maximum atomic E-state index is 14.7. The number of aromatic nitrogens is 1. The lowest BCUT2D eigenvalue weighted by atomic mass is 9.95. The summed E-state index contributed by atoms with van der Waals surface area (Å²) in [5, 5.41) is 18.1. The molecule has 3 aromatic carbocycles. The van der Waals surface area contributed by atoms with Crippen LogP contribution >= 0.6 is 0 Å². The molecule has 3 N–H and O–H groups in total. The molecule has 0 bridgehead atoms. The molecule has 0 saturated carbocycles. The van der Waals surface area contributed by atoms with E-state index in [-0.39, 0.29) is 17.7 Å². The average molecular weight is 429 g/mol. The number of benzene rings is 3. The Kier molecular flexibility index (Phi) is 6.31. The van der Waals surface area contributed by atoms with E-state index in [1.165, 1.54) is 0 Å². The summed E-state index contributed by atoms with van der Waals surface area (Å²) >= 11 is 0. The van der Waals surface area contributed by atoms with Crippen LogP contribution in [0.15, 0.2) is 83.4 Å². The van der Waals surface area contributed by atoms with Gasteiger partial charge < -0.3 is 15.2 Å². The van der Waals surface area contributed by atoms with Gasteiger partial charge in [-0.15, -0.1) is 0 Å². The Bertz CT molecular complexity index is 1200. The van der Waals surface area contributed by atoms with Gasteiger partial charge in [0.2, 0.25) is 0 Å². The maximum absolute atomic E-state index is 14.7. The summed E-state index contributed by atoms with van der Waals surface area (Å²) in [6, 6.07) is 24.4. The second kappa shape index (κ2) is 9.47. The van der Waals surface area contributed by atoms with Crippen LogP contribution in [0.4, 0.5) is 10.1 Å². The number of nitrogens with one attached hydrogen (secondary N) is 3. The fourth-order valence-electron chi connectivity index (χ4n) is 3.44. The van der Waals surface area contributed by atoms with Crippen LogP contribution in [0, 0.1) is 18.2 Å². The number of hydrogen-bond acceptors (Lipinski definition) is 3. The van der Waals surface area contributed by atoms with Crippen molar-refractivity contribution in [1.29, 1.82) is 5.41 Å². The van der Waals surface area contributed by atoms with E-state index >= 15 is 0 Å². The van der Waals surface area contributed by atoms with Crippen LogP contribution in [-0.4, -0.2) is 11.1 Å². The van der Waals surface area contributed by atoms with E-state index in [0.717, 1.165) is 22.4 Å². The van der Waals surface area contributed by atoms with Crippen molar-refractivity contribution in [3.8, 4) is 11.1 Å². The number of anilines is 1. The third-order valence-corrected chi connectivity index (χ3v) is 5.35. The molecule has 0 amide bonds. The smallest absolute Gasteiger partial charge is 0.193 e. The Balaban J connectivity index is 1.38. The van der Waals surface area contributed by atoms with Gasteiger partial charge in [-0.3, -0.25) is 5.41 Å². The van der Waals surface area contributed by atoms with Gasteiger partial charge in [0.15, 0.2) is 5.96 Å². The fourth-order valence-corrected chi connectivity index (χ4v) is 3.44. The molecule has 0 radical (unpaired) electrons. The van der Waals surface area contributed by atoms with Crippen LogP contribution in [0.5, 0.6) is 0 Å². The highest BCUT2D eigenvalue weighted by atomic mass is 19.1. The van der Waals surface area contributed by atoms with E-state index in [1.807, 2.05) is 80.6 Å². The maximum Gasteiger partial charge on any atom is 0.193 e. The normalized spacial score (nSPS) is 11.7. The number of nitrogens with zero attached hydrogens (tertiary/aromatic N) is 1.